The first-order valence-corrected chi connectivity index (χ1v) is 10.7. The van der Waals surface area contributed by atoms with Crippen LogP contribution in [0.5, 0.6) is 5.88 Å². The number of aliphatic imine (C=N–C) groups is 1. The average Bonchev–Trinajstić information content (AvgIpc) is 3.20. The lowest BCUT2D eigenvalue weighted by Crippen LogP contribution is -2.45. The number of fused-ring (bicyclic) bond motifs is 1. The van der Waals surface area contributed by atoms with Gasteiger partial charge in [0.15, 0.2) is 5.17 Å². The first-order valence-electron chi connectivity index (χ1n) is 9.84. The van der Waals surface area contributed by atoms with Crippen LogP contribution in [0.25, 0.3) is 0 Å². The van der Waals surface area contributed by atoms with E-state index in [2.05, 4.69) is 25.6 Å². The SMILES string of the molecule is COc1cnc(C(=O)Nc2ccc(F)c([C@]34CO[C@H](C(F)F)[C@@H]3CN=C(NC(=O)O)S4)c2)cn1. The number of rotatable bonds is 5. The van der Waals surface area contributed by atoms with Gasteiger partial charge in [-0.05, 0) is 18.2 Å². The van der Waals surface area contributed by atoms with Gasteiger partial charge >= 0.3 is 6.09 Å². The highest BCUT2D eigenvalue weighted by Crippen LogP contribution is 2.54. The summed E-state index contributed by atoms with van der Waals surface area (Å²) in [5.41, 5.74) is 0.115. The van der Waals surface area contributed by atoms with Crippen LogP contribution < -0.4 is 15.4 Å². The molecular weight excluding hydrogens is 479 g/mol. The largest absolute Gasteiger partial charge is 0.480 e. The number of nitrogens with zero attached hydrogens (tertiary/aromatic N) is 3. The molecule has 3 heterocycles. The molecule has 2 aliphatic heterocycles. The minimum Gasteiger partial charge on any atom is -0.480 e. The van der Waals surface area contributed by atoms with E-state index in [4.69, 9.17) is 14.6 Å². The number of carbonyl (C=O) groups excluding carboxylic acids is 1. The molecule has 10 nitrogen and oxygen atoms in total. The summed E-state index contributed by atoms with van der Waals surface area (Å²) in [6.07, 6.45) is -3.32. The third kappa shape index (κ3) is 4.50. The predicted molar refractivity (Wildman–Crippen MR) is 115 cm³/mol. The molecule has 1 fully saturated rings. The number of benzene rings is 1. The number of hydrogen-bond acceptors (Lipinski definition) is 8. The van der Waals surface area contributed by atoms with Crippen molar-refractivity contribution in [1.82, 2.24) is 15.3 Å². The quantitative estimate of drug-likeness (QED) is 0.574. The molecule has 34 heavy (non-hydrogen) atoms. The fourth-order valence-corrected chi connectivity index (χ4v) is 5.23. The van der Waals surface area contributed by atoms with Crippen LogP contribution in [0, 0.1) is 11.7 Å². The van der Waals surface area contributed by atoms with E-state index in [-0.39, 0.29) is 41.1 Å². The van der Waals surface area contributed by atoms with Gasteiger partial charge in [-0.25, -0.2) is 27.9 Å². The highest BCUT2D eigenvalue weighted by molar-refractivity contribution is 8.14. The second-order valence-corrected chi connectivity index (χ2v) is 8.70. The number of amides is 2. The molecule has 1 saturated heterocycles. The number of halogens is 3. The van der Waals surface area contributed by atoms with E-state index in [1.165, 1.54) is 31.6 Å². The number of carboxylic acid groups (broad SMARTS) is 1. The lowest BCUT2D eigenvalue weighted by Gasteiger charge is -2.37. The second kappa shape index (κ2) is 9.46. The number of nitrogens with one attached hydrogen (secondary N) is 2. The van der Waals surface area contributed by atoms with Crippen LogP contribution in [-0.2, 0) is 9.48 Å². The second-order valence-electron chi connectivity index (χ2n) is 7.38. The molecule has 14 heteroatoms. The molecule has 1 aromatic carbocycles. The third-order valence-corrected chi connectivity index (χ3v) is 6.84. The Morgan fingerprint density at radius 1 is 1.29 bits per heavy atom. The molecule has 0 aliphatic carbocycles. The Hall–Kier alpha value is -3.39. The van der Waals surface area contributed by atoms with Crippen LogP contribution in [0.2, 0.25) is 0 Å². The van der Waals surface area contributed by atoms with Gasteiger partial charge in [-0.3, -0.25) is 15.1 Å². The van der Waals surface area contributed by atoms with E-state index in [9.17, 15) is 18.4 Å². The standard InChI is InChI=1S/C20H18F3N5O5S/c1-32-14-7-24-13(6-25-14)17(29)27-9-2-3-12(21)10(4-9)20-8-33-15(16(22)23)11(20)5-26-18(34-20)28-19(30)31/h2-4,6-7,11,15-16H,5,8H2,1H3,(H,26,28)(H,27,29)(H,30,31)/t11-,15-,20+/m0/s1. The summed E-state index contributed by atoms with van der Waals surface area (Å²) in [6, 6.07) is 3.70. The molecule has 1 aromatic heterocycles. The summed E-state index contributed by atoms with van der Waals surface area (Å²) >= 11 is 0.805. The minimum absolute atomic E-state index is 0.0242. The summed E-state index contributed by atoms with van der Waals surface area (Å²) in [6.45, 7) is -0.509. The van der Waals surface area contributed by atoms with Crippen molar-refractivity contribution in [2.24, 2.45) is 10.9 Å². The summed E-state index contributed by atoms with van der Waals surface area (Å²) in [7, 11) is 1.40. The molecule has 0 bridgehead atoms. The Labute approximate surface area is 195 Å². The summed E-state index contributed by atoms with van der Waals surface area (Å²) in [5, 5.41) is 13.6. The number of amidine groups is 1. The molecule has 3 atom stereocenters. The van der Waals surface area contributed by atoms with Crippen molar-refractivity contribution in [2.45, 2.75) is 17.3 Å². The lowest BCUT2D eigenvalue weighted by molar-refractivity contribution is -0.0378. The smallest absolute Gasteiger partial charge is 0.410 e. The van der Waals surface area contributed by atoms with Crippen LogP contribution in [0.15, 0.2) is 35.6 Å². The lowest BCUT2D eigenvalue weighted by atomic mass is 9.83. The number of hydrogen-bond donors (Lipinski definition) is 3. The summed E-state index contributed by atoms with van der Waals surface area (Å²) < 4.78 is 51.2. The fraction of sp³-hybridized carbons (Fsp3) is 0.350. The van der Waals surface area contributed by atoms with E-state index in [1.807, 2.05) is 0 Å². The fourth-order valence-electron chi connectivity index (χ4n) is 3.85. The van der Waals surface area contributed by atoms with Crippen LogP contribution in [0.3, 0.4) is 0 Å². The zero-order valence-corrected chi connectivity index (χ0v) is 18.3. The van der Waals surface area contributed by atoms with E-state index in [1.54, 1.807) is 0 Å². The van der Waals surface area contributed by atoms with Crippen molar-refractivity contribution in [2.75, 3.05) is 25.6 Å². The Kier molecular flexibility index (Phi) is 6.61. The van der Waals surface area contributed by atoms with Gasteiger partial charge in [-0.2, -0.15) is 0 Å². The van der Waals surface area contributed by atoms with Crippen LogP contribution >= 0.6 is 11.8 Å². The van der Waals surface area contributed by atoms with Crippen LogP contribution in [-0.4, -0.2) is 65.0 Å². The van der Waals surface area contributed by atoms with Crippen molar-refractivity contribution in [3.63, 3.8) is 0 Å². The highest BCUT2D eigenvalue weighted by atomic mass is 32.2. The minimum atomic E-state index is -2.85. The van der Waals surface area contributed by atoms with E-state index in [0.717, 1.165) is 17.8 Å². The zero-order chi connectivity index (χ0) is 24.5. The number of carbonyl (C=O) groups is 2. The summed E-state index contributed by atoms with van der Waals surface area (Å²) in [4.78, 5) is 35.5. The molecule has 0 unspecified atom stereocenters. The average molecular weight is 497 g/mol. The molecule has 0 spiro atoms. The number of thioether (sulfide) groups is 1. The van der Waals surface area contributed by atoms with E-state index in [0.29, 0.717) is 0 Å². The number of ether oxygens (including phenoxy) is 2. The Morgan fingerprint density at radius 3 is 2.74 bits per heavy atom. The molecule has 0 saturated carbocycles. The summed E-state index contributed by atoms with van der Waals surface area (Å²) in [5.74, 6) is -2.09. The van der Waals surface area contributed by atoms with Gasteiger partial charge in [0.1, 0.15) is 17.6 Å². The number of methoxy groups -OCH3 is 1. The van der Waals surface area contributed by atoms with E-state index >= 15 is 4.39 Å². The molecule has 2 amide bonds. The maximum Gasteiger partial charge on any atom is 0.410 e. The molecule has 2 aliphatic rings. The van der Waals surface area contributed by atoms with Crippen molar-refractivity contribution in [3.05, 3.63) is 47.7 Å². The molecule has 2 aromatic rings. The van der Waals surface area contributed by atoms with Gasteiger partial charge in [-0.15, -0.1) is 0 Å². The van der Waals surface area contributed by atoms with E-state index < -0.39 is 41.0 Å². The van der Waals surface area contributed by atoms with Crippen molar-refractivity contribution < 1.29 is 37.3 Å². The Bertz CT molecular complexity index is 1140. The number of anilines is 1. The van der Waals surface area contributed by atoms with Crippen LogP contribution in [0.4, 0.5) is 23.7 Å². The first kappa shape index (κ1) is 23.8. The Morgan fingerprint density at radius 2 is 2.09 bits per heavy atom. The predicted octanol–water partition coefficient (Wildman–Crippen LogP) is 2.72. The van der Waals surface area contributed by atoms with Gasteiger partial charge in [0.25, 0.3) is 12.3 Å². The van der Waals surface area contributed by atoms with Crippen molar-refractivity contribution >= 4 is 34.6 Å². The maximum atomic E-state index is 15.1. The van der Waals surface area contributed by atoms with Crippen LogP contribution in [0.1, 0.15) is 16.1 Å². The normalized spacial score (nSPS) is 23.7. The molecular formula is C20H18F3N5O5S. The maximum absolute atomic E-state index is 15.1. The topological polar surface area (TPSA) is 135 Å². The number of alkyl halides is 2. The van der Waals surface area contributed by atoms with Crippen molar-refractivity contribution in [1.29, 1.82) is 0 Å². The number of aromatic nitrogens is 2. The monoisotopic (exact) mass is 497 g/mol. The van der Waals surface area contributed by atoms with Gasteiger partial charge in [0.2, 0.25) is 5.88 Å². The van der Waals surface area contributed by atoms with Crippen molar-refractivity contribution in [3.8, 4) is 5.88 Å². The van der Waals surface area contributed by atoms with Gasteiger partial charge in [0.05, 0.1) is 30.9 Å². The first-order chi connectivity index (χ1) is 16.2. The van der Waals surface area contributed by atoms with Gasteiger partial charge in [0, 0.05) is 23.7 Å². The van der Waals surface area contributed by atoms with Gasteiger partial charge in [-0.1, -0.05) is 11.8 Å². The van der Waals surface area contributed by atoms with Gasteiger partial charge < -0.3 is 19.9 Å². The molecule has 3 N–H and O–H groups in total. The molecule has 180 valence electrons. The molecule has 4 rings (SSSR count). The highest BCUT2D eigenvalue weighted by Gasteiger charge is 2.57. The Balaban J connectivity index is 1.67. The molecule has 0 radical (unpaired) electrons. The third-order valence-electron chi connectivity index (χ3n) is 5.41. The zero-order valence-electron chi connectivity index (χ0n) is 17.5.